The number of hydrogen-bond donors (Lipinski definition) is 2. The number of aryl methyl sites for hydroxylation is 1. The summed E-state index contributed by atoms with van der Waals surface area (Å²) in [5, 5.41) is 0. The zero-order valence-corrected chi connectivity index (χ0v) is 7.74. The molecule has 0 atom stereocenters. The first-order valence-electron chi connectivity index (χ1n) is 3.55. The van der Waals surface area contributed by atoms with E-state index in [4.69, 9.17) is 4.55 Å². The first-order chi connectivity index (χ1) is 5.58. The highest BCUT2D eigenvalue weighted by atomic mass is 32.2. The molecular weight excluding hydrogens is 196 g/mol. The molecule has 0 saturated carbocycles. The van der Waals surface area contributed by atoms with Crippen LogP contribution in [0.1, 0.15) is 6.42 Å². The number of H-pyrrole nitrogens is 1. The molecule has 0 bridgehead atoms. The molecule has 0 fully saturated rings. The van der Waals surface area contributed by atoms with Crippen molar-refractivity contribution in [1.29, 1.82) is 0 Å². The Kier molecular flexibility index (Phi) is 4.60. The molecule has 0 aliphatic carbocycles. The lowest BCUT2D eigenvalue weighted by molar-refractivity contribution is -0.695. The second kappa shape index (κ2) is 4.95. The summed E-state index contributed by atoms with van der Waals surface area (Å²) < 4.78 is 30.8. The topological polar surface area (TPSA) is 104 Å². The van der Waals surface area contributed by atoms with Crippen LogP contribution in [0.25, 0.3) is 0 Å². The summed E-state index contributed by atoms with van der Waals surface area (Å²) in [6.07, 6.45) is 5.68. The molecule has 76 valence electrons. The minimum Gasteiger partial charge on any atom is -0.870 e. The van der Waals surface area contributed by atoms with Gasteiger partial charge >= 0.3 is 0 Å². The number of nitrogens with one attached hydrogen (secondary N) is 1. The highest BCUT2D eigenvalue weighted by Gasteiger charge is 2.05. The largest absolute Gasteiger partial charge is 0.870 e. The smallest absolute Gasteiger partial charge is 0.265 e. The van der Waals surface area contributed by atoms with Gasteiger partial charge in [0, 0.05) is 6.42 Å². The Morgan fingerprint density at radius 3 is 2.62 bits per heavy atom. The Bertz CT molecular complexity index is 318. The van der Waals surface area contributed by atoms with Gasteiger partial charge in [0.2, 0.25) is 6.33 Å². The molecule has 0 radical (unpaired) electrons. The fraction of sp³-hybridized carbons (Fsp3) is 0.500. The van der Waals surface area contributed by atoms with Gasteiger partial charge in [-0.1, -0.05) is 0 Å². The molecule has 0 aliphatic heterocycles. The van der Waals surface area contributed by atoms with E-state index in [1.165, 1.54) is 0 Å². The molecule has 7 heteroatoms. The van der Waals surface area contributed by atoms with Crippen LogP contribution < -0.4 is 4.57 Å². The van der Waals surface area contributed by atoms with Gasteiger partial charge in [-0.3, -0.25) is 9.54 Å². The molecule has 0 aliphatic rings. The molecule has 0 saturated heterocycles. The molecule has 3 N–H and O–H groups in total. The molecule has 0 spiro atoms. The van der Waals surface area contributed by atoms with Crippen LogP contribution in [-0.2, 0) is 16.7 Å². The van der Waals surface area contributed by atoms with Crippen molar-refractivity contribution in [3.63, 3.8) is 0 Å². The molecule has 1 rings (SSSR count). The summed E-state index contributed by atoms with van der Waals surface area (Å²) in [6.45, 7) is 0.587. The lowest BCUT2D eigenvalue weighted by Crippen LogP contribution is -2.31. The number of hydrogen-bond acceptors (Lipinski definition) is 3. The van der Waals surface area contributed by atoms with E-state index in [9.17, 15) is 8.42 Å². The normalized spacial score (nSPS) is 10.8. The van der Waals surface area contributed by atoms with Crippen molar-refractivity contribution in [2.45, 2.75) is 13.0 Å². The first-order valence-corrected chi connectivity index (χ1v) is 5.16. The van der Waals surface area contributed by atoms with E-state index < -0.39 is 10.1 Å². The van der Waals surface area contributed by atoms with Crippen molar-refractivity contribution < 1.29 is 23.0 Å². The third kappa shape index (κ3) is 5.34. The van der Waals surface area contributed by atoms with E-state index >= 15 is 0 Å². The van der Waals surface area contributed by atoms with Gasteiger partial charge < -0.3 is 5.48 Å². The SMILES string of the molecule is O=S(=O)(O)CCC[n+]1cc[nH]c1.[OH-]. The highest BCUT2D eigenvalue weighted by molar-refractivity contribution is 7.85. The van der Waals surface area contributed by atoms with E-state index in [0.29, 0.717) is 13.0 Å². The quantitative estimate of drug-likeness (QED) is 0.509. The first kappa shape index (κ1) is 12.1. The van der Waals surface area contributed by atoms with Crippen molar-refractivity contribution in [3.8, 4) is 0 Å². The van der Waals surface area contributed by atoms with Crippen LogP contribution >= 0.6 is 0 Å². The van der Waals surface area contributed by atoms with Crippen LogP contribution in [-0.4, -0.2) is 29.2 Å². The highest BCUT2D eigenvalue weighted by Crippen LogP contribution is 1.87. The van der Waals surface area contributed by atoms with E-state index in [0.717, 1.165) is 0 Å². The third-order valence-corrected chi connectivity index (χ3v) is 2.23. The summed E-state index contributed by atoms with van der Waals surface area (Å²) in [5.41, 5.74) is 0. The van der Waals surface area contributed by atoms with Gasteiger partial charge in [0.25, 0.3) is 10.1 Å². The van der Waals surface area contributed by atoms with Crippen LogP contribution in [0.5, 0.6) is 0 Å². The maximum atomic E-state index is 10.3. The van der Waals surface area contributed by atoms with Gasteiger partial charge in [-0.25, -0.2) is 4.57 Å². The van der Waals surface area contributed by atoms with Gasteiger partial charge in [-0.15, -0.1) is 0 Å². The second-order valence-electron chi connectivity index (χ2n) is 2.49. The van der Waals surface area contributed by atoms with Crippen molar-refractivity contribution >= 4 is 10.1 Å². The Hall–Kier alpha value is -0.920. The fourth-order valence-corrected chi connectivity index (χ4v) is 1.38. The molecular formula is C6H12N2O4S. The zero-order valence-electron chi connectivity index (χ0n) is 6.92. The molecule has 0 aromatic carbocycles. The van der Waals surface area contributed by atoms with E-state index in [1.54, 1.807) is 18.7 Å². The predicted octanol–water partition coefficient (Wildman–Crippen LogP) is -0.597. The van der Waals surface area contributed by atoms with Crippen molar-refractivity contribution in [3.05, 3.63) is 18.7 Å². The molecule has 0 unspecified atom stereocenters. The summed E-state index contributed by atoms with van der Waals surface area (Å²) >= 11 is 0. The van der Waals surface area contributed by atoms with E-state index in [-0.39, 0.29) is 11.2 Å². The van der Waals surface area contributed by atoms with Crippen molar-refractivity contribution in [2.24, 2.45) is 0 Å². The van der Waals surface area contributed by atoms with Crippen LogP contribution in [0.15, 0.2) is 18.7 Å². The van der Waals surface area contributed by atoms with Gasteiger partial charge in [0.15, 0.2) is 0 Å². The van der Waals surface area contributed by atoms with Crippen molar-refractivity contribution in [2.75, 3.05) is 5.75 Å². The number of imidazole rings is 1. The minimum atomic E-state index is -3.80. The maximum absolute atomic E-state index is 10.3. The Labute approximate surface area is 76.3 Å². The third-order valence-electron chi connectivity index (χ3n) is 1.42. The summed E-state index contributed by atoms with van der Waals surface area (Å²) in [6, 6.07) is 0. The van der Waals surface area contributed by atoms with Gasteiger partial charge in [0.05, 0.1) is 12.3 Å². The van der Waals surface area contributed by atoms with Crippen LogP contribution in [0, 0.1) is 0 Å². The van der Waals surface area contributed by atoms with Crippen LogP contribution in [0.4, 0.5) is 0 Å². The summed E-state index contributed by atoms with van der Waals surface area (Å²) in [5.74, 6) is -0.189. The summed E-state index contributed by atoms with van der Waals surface area (Å²) in [7, 11) is -3.80. The Balaban J connectivity index is 0.00000144. The number of nitrogens with zero attached hydrogens (tertiary/aromatic N) is 1. The van der Waals surface area contributed by atoms with Crippen molar-refractivity contribution in [1.82, 2.24) is 4.98 Å². The molecule has 13 heavy (non-hydrogen) atoms. The Morgan fingerprint density at radius 2 is 2.15 bits per heavy atom. The standard InChI is InChI=1S/C6H10N2O3S.H2O/c9-12(10,11)5-1-3-8-4-2-7-6-8;/h2,4,6H,1,3,5H2,(H,9,10,11);1H2. The lowest BCUT2D eigenvalue weighted by atomic mass is 10.5. The van der Waals surface area contributed by atoms with Gasteiger partial charge in [0.1, 0.15) is 12.4 Å². The molecule has 6 nitrogen and oxygen atoms in total. The van der Waals surface area contributed by atoms with Crippen LogP contribution in [0.2, 0.25) is 0 Å². The molecule has 1 heterocycles. The Morgan fingerprint density at radius 1 is 1.46 bits per heavy atom. The predicted molar refractivity (Wildman–Crippen MR) is 44.0 cm³/mol. The molecule has 1 aromatic rings. The van der Waals surface area contributed by atoms with E-state index in [1.807, 2.05) is 4.57 Å². The minimum absolute atomic E-state index is 0. The van der Waals surface area contributed by atoms with Gasteiger partial charge in [-0.2, -0.15) is 8.42 Å². The average molecular weight is 208 g/mol. The fourth-order valence-electron chi connectivity index (χ4n) is 0.889. The number of rotatable bonds is 4. The molecule has 0 amide bonds. The van der Waals surface area contributed by atoms with E-state index in [2.05, 4.69) is 4.98 Å². The maximum Gasteiger partial charge on any atom is 0.265 e. The average Bonchev–Trinajstić information content (AvgIpc) is 2.36. The number of aromatic amines is 1. The van der Waals surface area contributed by atoms with Gasteiger partial charge in [-0.05, 0) is 0 Å². The molecule has 1 aromatic heterocycles. The summed E-state index contributed by atoms with van der Waals surface area (Å²) in [4.78, 5) is 2.83. The number of aromatic nitrogens is 2. The second-order valence-corrected chi connectivity index (χ2v) is 4.06. The van der Waals surface area contributed by atoms with Crippen LogP contribution in [0.3, 0.4) is 0 Å². The zero-order chi connectivity index (χ0) is 9.03. The monoisotopic (exact) mass is 208 g/mol. The lowest BCUT2D eigenvalue weighted by Gasteiger charge is -1.94.